The number of aliphatic carboxylic acids is 1. The Labute approximate surface area is 86.1 Å². The molecule has 0 fully saturated rings. The van der Waals surface area contributed by atoms with Crippen LogP contribution in [-0.4, -0.2) is 16.3 Å². The molecule has 0 aliphatic carbocycles. The van der Waals surface area contributed by atoms with Gasteiger partial charge in [0.05, 0.1) is 6.04 Å². The molecule has 0 saturated carbocycles. The highest BCUT2D eigenvalue weighted by molar-refractivity contribution is 7.81. The number of carboxylic acids is 1. The summed E-state index contributed by atoms with van der Waals surface area (Å²) in [6, 6.07) is 4.85. The summed E-state index contributed by atoms with van der Waals surface area (Å²) in [6.07, 6.45) is 0. The molecule has 2 atom stereocenters. The molecule has 0 aromatic heterocycles. The largest absolute Gasteiger partial charge is 0.480 e. The Morgan fingerprint density at radius 1 is 1.50 bits per heavy atom. The Morgan fingerprint density at radius 3 is 2.57 bits per heavy atom. The van der Waals surface area contributed by atoms with Crippen LogP contribution in [0.2, 0.25) is 0 Å². The number of rotatable bonds is 3. The molecule has 0 bridgehead atoms. The highest BCUT2D eigenvalue weighted by atomic mass is 32.1. The normalized spacial score (nSPS) is 14.8. The first-order valence-electron chi connectivity index (χ1n) is 3.95. The lowest BCUT2D eigenvalue weighted by molar-refractivity contribution is -0.136. The van der Waals surface area contributed by atoms with Crippen molar-refractivity contribution in [3.63, 3.8) is 0 Å². The van der Waals surface area contributed by atoms with Crippen molar-refractivity contribution in [2.24, 2.45) is 5.73 Å². The number of carbonyl (C=O) groups is 1. The fourth-order valence-electron chi connectivity index (χ4n) is 1.07. The number of carboxylic acid groups (broad SMARTS) is 1. The lowest BCUT2D eigenvalue weighted by atomic mass is 10.0. The zero-order valence-electron chi connectivity index (χ0n) is 7.22. The Morgan fingerprint density at radius 2 is 2.07 bits per heavy atom. The average Bonchev–Trinajstić information content (AvgIpc) is 2.16. The van der Waals surface area contributed by atoms with Crippen molar-refractivity contribution in [3.8, 4) is 0 Å². The average molecular weight is 215 g/mol. The molecule has 76 valence electrons. The van der Waals surface area contributed by atoms with Gasteiger partial charge in [-0.1, -0.05) is 18.2 Å². The predicted octanol–water partition coefficient (Wildman–Crippen LogP) is 1.21. The first-order valence-corrected chi connectivity index (χ1v) is 4.46. The summed E-state index contributed by atoms with van der Waals surface area (Å²) < 4.78 is 13.2. The van der Waals surface area contributed by atoms with Gasteiger partial charge in [0.2, 0.25) is 0 Å². The van der Waals surface area contributed by atoms with E-state index in [0.717, 1.165) is 0 Å². The molecule has 1 aromatic carbocycles. The molecule has 5 heteroatoms. The Hall–Kier alpha value is -1.07. The summed E-state index contributed by atoms with van der Waals surface area (Å²) in [6.45, 7) is 0. The fraction of sp³-hybridized carbons (Fsp3) is 0.222. The molecule has 0 spiro atoms. The number of halogens is 1. The van der Waals surface area contributed by atoms with Gasteiger partial charge in [-0.2, -0.15) is 12.6 Å². The smallest absolute Gasteiger partial charge is 0.318 e. The molecule has 1 aromatic rings. The SMILES string of the molecule is N[C@@H](c1ccccc1F)C(S)C(=O)O. The highest BCUT2D eigenvalue weighted by Crippen LogP contribution is 2.20. The van der Waals surface area contributed by atoms with E-state index in [1.54, 1.807) is 6.07 Å². The molecule has 0 aliphatic rings. The van der Waals surface area contributed by atoms with Gasteiger partial charge in [0.25, 0.3) is 0 Å². The van der Waals surface area contributed by atoms with E-state index in [0.29, 0.717) is 0 Å². The summed E-state index contributed by atoms with van der Waals surface area (Å²) in [4.78, 5) is 10.5. The fourth-order valence-corrected chi connectivity index (χ4v) is 1.23. The van der Waals surface area contributed by atoms with Crippen LogP contribution in [0.3, 0.4) is 0 Å². The van der Waals surface area contributed by atoms with Gasteiger partial charge in [-0.15, -0.1) is 0 Å². The van der Waals surface area contributed by atoms with Gasteiger partial charge in [0.15, 0.2) is 0 Å². The van der Waals surface area contributed by atoms with Crippen LogP contribution < -0.4 is 5.73 Å². The Balaban J connectivity index is 2.94. The second-order valence-electron chi connectivity index (χ2n) is 2.83. The lowest BCUT2D eigenvalue weighted by Gasteiger charge is -2.15. The number of thiol groups is 1. The van der Waals surface area contributed by atoms with Crippen molar-refractivity contribution in [2.75, 3.05) is 0 Å². The molecule has 3 nitrogen and oxygen atoms in total. The van der Waals surface area contributed by atoms with E-state index < -0.39 is 23.1 Å². The van der Waals surface area contributed by atoms with Gasteiger partial charge in [0.1, 0.15) is 11.1 Å². The zero-order chi connectivity index (χ0) is 10.7. The number of hydrogen-bond donors (Lipinski definition) is 3. The maximum Gasteiger partial charge on any atom is 0.318 e. The summed E-state index contributed by atoms with van der Waals surface area (Å²) >= 11 is 3.79. The van der Waals surface area contributed by atoms with Crippen molar-refractivity contribution in [1.82, 2.24) is 0 Å². The number of hydrogen-bond acceptors (Lipinski definition) is 3. The minimum Gasteiger partial charge on any atom is -0.480 e. The van der Waals surface area contributed by atoms with Gasteiger partial charge in [-0.25, -0.2) is 4.39 Å². The van der Waals surface area contributed by atoms with Crippen molar-refractivity contribution >= 4 is 18.6 Å². The zero-order valence-corrected chi connectivity index (χ0v) is 8.12. The van der Waals surface area contributed by atoms with Crippen LogP contribution >= 0.6 is 12.6 Å². The van der Waals surface area contributed by atoms with E-state index >= 15 is 0 Å². The molecule has 0 radical (unpaired) electrons. The molecule has 0 aliphatic heterocycles. The summed E-state index contributed by atoms with van der Waals surface area (Å²) in [5.41, 5.74) is 5.70. The summed E-state index contributed by atoms with van der Waals surface area (Å²) in [5, 5.41) is 7.52. The third-order valence-electron chi connectivity index (χ3n) is 1.86. The van der Waals surface area contributed by atoms with Gasteiger partial charge >= 0.3 is 5.97 Å². The van der Waals surface area contributed by atoms with Crippen molar-refractivity contribution in [1.29, 1.82) is 0 Å². The molecule has 0 amide bonds. The standard InChI is InChI=1S/C9H10FNO2S/c10-6-4-2-1-3-5(6)7(11)8(14)9(12)13/h1-4,7-8,14H,11H2,(H,12,13)/t7-,8?/m0/s1. The second kappa shape index (κ2) is 4.43. The topological polar surface area (TPSA) is 63.3 Å². The van der Waals surface area contributed by atoms with Crippen LogP contribution in [0.4, 0.5) is 4.39 Å². The molecule has 1 unspecified atom stereocenters. The van der Waals surface area contributed by atoms with E-state index in [-0.39, 0.29) is 5.56 Å². The van der Waals surface area contributed by atoms with E-state index in [1.807, 2.05) is 0 Å². The van der Waals surface area contributed by atoms with Crippen LogP contribution in [-0.2, 0) is 4.79 Å². The highest BCUT2D eigenvalue weighted by Gasteiger charge is 2.24. The summed E-state index contributed by atoms with van der Waals surface area (Å²) in [7, 11) is 0. The molecular weight excluding hydrogens is 205 g/mol. The monoisotopic (exact) mass is 215 g/mol. The first kappa shape index (κ1) is 11.0. The second-order valence-corrected chi connectivity index (χ2v) is 3.39. The van der Waals surface area contributed by atoms with E-state index in [1.165, 1.54) is 18.2 Å². The van der Waals surface area contributed by atoms with Crippen LogP contribution in [0.5, 0.6) is 0 Å². The predicted molar refractivity (Wildman–Crippen MR) is 53.7 cm³/mol. The molecular formula is C9H10FNO2S. The van der Waals surface area contributed by atoms with E-state index in [4.69, 9.17) is 10.8 Å². The maximum atomic E-state index is 13.2. The van der Waals surface area contributed by atoms with Crippen molar-refractivity contribution < 1.29 is 14.3 Å². The lowest BCUT2D eigenvalue weighted by Crippen LogP contribution is -2.29. The molecule has 0 saturated heterocycles. The van der Waals surface area contributed by atoms with Gasteiger partial charge in [-0.05, 0) is 6.07 Å². The summed E-state index contributed by atoms with van der Waals surface area (Å²) in [5.74, 6) is -1.68. The minimum atomic E-state index is -1.16. The van der Waals surface area contributed by atoms with Gasteiger partial charge < -0.3 is 10.8 Å². The van der Waals surface area contributed by atoms with Crippen molar-refractivity contribution in [3.05, 3.63) is 35.6 Å². The van der Waals surface area contributed by atoms with E-state index in [9.17, 15) is 9.18 Å². The Kier molecular flexibility index (Phi) is 3.49. The van der Waals surface area contributed by atoms with Crippen LogP contribution in [0.25, 0.3) is 0 Å². The van der Waals surface area contributed by atoms with Crippen LogP contribution in [0.15, 0.2) is 24.3 Å². The van der Waals surface area contributed by atoms with Crippen LogP contribution in [0, 0.1) is 5.82 Å². The van der Waals surface area contributed by atoms with E-state index in [2.05, 4.69) is 12.6 Å². The number of nitrogens with two attached hydrogens (primary N) is 1. The van der Waals surface area contributed by atoms with Gasteiger partial charge in [-0.3, -0.25) is 4.79 Å². The third-order valence-corrected chi connectivity index (χ3v) is 2.40. The molecule has 1 rings (SSSR count). The molecule has 0 heterocycles. The quantitative estimate of drug-likeness (QED) is 0.664. The van der Waals surface area contributed by atoms with Gasteiger partial charge in [0, 0.05) is 5.56 Å². The van der Waals surface area contributed by atoms with Crippen LogP contribution in [0.1, 0.15) is 11.6 Å². The number of benzene rings is 1. The Bertz CT molecular complexity index is 345. The first-order chi connectivity index (χ1) is 6.54. The van der Waals surface area contributed by atoms with Crippen molar-refractivity contribution in [2.45, 2.75) is 11.3 Å². The molecule has 3 N–H and O–H groups in total. The minimum absolute atomic E-state index is 0.162. The molecule has 14 heavy (non-hydrogen) atoms. The third kappa shape index (κ3) is 2.24. The maximum absolute atomic E-state index is 13.2.